The summed E-state index contributed by atoms with van der Waals surface area (Å²) in [6.45, 7) is 0.981. The lowest BCUT2D eigenvalue weighted by Crippen LogP contribution is -2.49. The Bertz CT molecular complexity index is 394. The third-order valence-electron chi connectivity index (χ3n) is 2.66. The number of ether oxygens (including phenoxy) is 1. The Hall–Kier alpha value is -0.600. The van der Waals surface area contributed by atoms with Crippen LogP contribution in [-0.2, 0) is 4.74 Å². The molecule has 2 rings (SSSR count). The van der Waals surface area contributed by atoms with Gasteiger partial charge in [0.2, 0.25) is 0 Å². The van der Waals surface area contributed by atoms with Crippen molar-refractivity contribution in [1.29, 1.82) is 5.26 Å². The topological polar surface area (TPSA) is 45.0 Å². The van der Waals surface area contributed by atoms with E-state index in [9.17, 15) is 5.26 Å². The van der Waals surface area contributed by atoms with E-state index in [1.165, 1.54) is 11.3 Å². The lowest BCUT2D eigenvalue weighted by molar-refractivity contribution is -0.0957. The molecule has 80 valence electrons. The standard InChI is InChI=1S/C10H11ClN2OS/c1-13-9(7-2-3-8(11)15-7)10(4-12)5-14-6-10/h2-3,9,13H,5-6H2,1H3. The molecule has 1 aromatic heterocycles. The normalized spacial score (nSPS) is 20.3. The fourth-order valence-corrected chi connectivity index (χ4v) is 3.08. The number of nitrogens with zero attached hydrogens (tertiary/aromatic N) is 1. The number of rotatable bonds is 3. The zero-order chi connectivity index (χ0) is 10.9. The highest BCUT2D eigenvalue weighted by Crippen LogP contribution is 2.42. The van der Waals surface area contributed by atoms with E-state index in [-0.39, 0.29) is 6.04 Å². The minimum Gasteiger partial charge on any atom is -0.378 e. The zero-order valence-corrected chi connectivity index (χ0v) is 9.86. The van der Waals surface area contributed by atoms with E-state index in [0.29, 0.717) is 13.2 Å². The van der Waals surface area contributed by atoms with Gasteiger partial charge in [-0.3, -0.25) is 0 Å². The first kappa shape index (κ1) is 10.9. The molecule has 0 spiro atoms. The van der Waals surface area contributed by atoms with Gasteiger partial charge in [0.1, 0.15) is 5.41 Å². The van der Waals surface area contributed by atoms with Gasteiger partial charge in [-0.15, -0.1) is 11.3 Å². The highest BCUT2D eigenvalue weighted by Gasteiger charge is 2.47. The quantitative estimate of drug-likeness (QED) is 0.884. The van der Waals surface area contributed by atoms with E-state index in [1.54, 1.807) is 0 Å². The Morgan fingerprint density at radius 1 is 1.67 bits per heavy atom. The first-order valence-corrected chi connectivity index (χ1v) is 5.83. The lowest BCUT2D eigenvalue weighted by Gasteiger charge is -2.40. The van der Waals surface area contributed by atoms with Crippen LogP contribution in [0.3, 0.4) is 0 Å². The molecule has 0 saturated carbocycles. The van der Waals surface area contributed by atoms with Gasteiger partial charge in [-0.1, -0.05) is 11.6 Å². The zero-order valence-electron chi connectivity index (χ0n) is 8.29. The minimum atomic E-state index is -0.428. The summed E-state index contributed by atoms with van der Waals surface area (Å²) in [6.07, 6.45) is 0. The molecule has 3 nitrogen and oxygen atoms in total. The maximum Gasteiger partial charge on any atom is 0.124 e. The number of hydrogen-bond donors (Lipinski definition) is 1. The molecule has 1 aromatic rings. The molecule has 15 heavy (non-hydrogen) atoms. The Morgan fingerprint density at radius 3 is 2.73 bits per heavy atom. The molecule has 1 N–H and O–H groups in total. The Morgan fingerprint density at radius 2 is 2.40 bits per heavy atom. The Kier molecular flexibility index (Phi) is 2.98. The van der Waals surface area contributed by atoms with Crippen LogP contribution in [0.25, 0.3) is 0 Å². The Labute approximate surface area is 97.6 Å². The van der Waals surface area contributed by atoms with Gasteiger partial charge in [0, 0.05) is 4.88 Å². The molecule has 0 aliphatic carbocycles. The second kappa shape index (κ2) is 4.11. The summed E-state index contributed by atoms with van der Waals surface area (Å²) in [5.41, 5.74) is -0.428. The molecule has 0 bridgehead atoms. The number of nitriles is 1. The van der Waals surface area contributed by atoms with Crippen molar-refractivity contribution < 1.29 is 4.74 Å². The van der Waals surface area contributed by atoms with Gasteiger partial charge in [-0.05, 0) is 19.2 Å². The van der Waals surface area contributed by atoms with Crippen LogP contribution in [0.2, 0.25) is 4.34 Å². The van der Waals surface area contributed by atoms with Crippen molar-refractivity contribution in [3.63, 3.8) is 0 Å². The third kappa shape index (κ3) is 1.77. The van der Waals surface area contributed by atoms with Crippen LogP contribution < -0.4 is 5.32 Å². The largest absolute Gasteiger partial charge is 0.378 e. The van der Waals surface area contributed by atoms with Gasteiger partial charge in [-0.2, -0.15) is 5.26 Å². The van der Waals surface area contributed by atoms with Crippen molar-refractivity contribution in [2.45, 2.75) is 6.04 Å². The van der Waals surface area contributed by atoms with Crippen LogP contribution in [-0.4, -0.2) is 20.3 Å². The van der Waals surface area contributed by atoms with Gasteiger partial charge in [0.05, 0.1) is 29.7 Å². The third-order valence-corrected chi connectivity index (χ3v) is 3.96. The molecule has 0 aromatic carbocycles. The van der Waals surface area contributed by atoms with E-state index in [0.717, 1.165) is 9.21 Å². The van der Waals surface area contributed by atoms with E-state index in [2.05, 4.69) is 11.4 Å². The minimum absolute atomic E-state index is 0.00810. The van der Waals surface area contributed by atoms with Crippen LogP contribution in [0, 0.1) is 16.7 Å². The van der Waals surface area contributed by atoms with E-state index in [1.807, 2.05) is 19.2 Å². The molecule has 1 aliphatic heterocycles. The molecule has 0 amide bonds. The van der Waals surface area contributed by atoms with E-state index < -0.39 is 5.41 Å². The molecule has 1 aliphatic rings. The van der Waals surface area contributed by atoms with Crippen molar-refractivity contribution in [2.24, 2.45) is 5.41 Å². The average molecular weight is 243 g/mol. The van der Waals surface area contributed by atoms with Gasteiger partial charge >= 0.3 is 0 Å². The SMILES string of the molecule is CNC(c1ccc(Cl)s1)C1(C#N)COC1. The van der Waals surface area contributed by atoms with Crippen molar-refractivity contribution in [1.82, 2.24) is 5.32 Å². The molecular formula is C10H11ClN2OS. The first-order chi connectivity index (χ1) is 7.22. The highest BCUT2D eigenvalue weighted by molar-refractivity contribution is 7.16. The molecule has 1 fully saturated rings. The van der Waals surface area contributed by atoms with Crippen LogP contribution in [0.15, 0.2) is 12.1 Å². The predicted octanol–water partition coefficient (Wildman–Crippen LogP) is 2.20. The predicted molar refractivity (Wildman–Crippen MR) is 60.0 cm³/mol. The molecule has 1 saturated heterocycles. The van der Waals surface area contributed by atoms with E-state index >= 15 is 0 Å². The summed E-state index contributed by atoms with van der Waals surface area (Å²) < 4.78 is 5.90. The maximum atomic E-state index is 9.21. The van der Waals surface area contributed by atoms with Crippen LogP contribution >= 0.6 is 22.9 Å². The molecule has 1 atom stereocenters. The summed E-state index contributed by atoms with van der Waals surface area (Å²) in [7, 11) is 1.86. The van der Waals surface area contributed by atoms with Crippen LogP contribution in [0.1, 0.15) is 10.9 Å². The number of nitrogens with one attached hydrogen (secondary N) is 1. The first-order valence-electron chi connectivity index (χ1n) is 4.63. The number of halogens is 1. The van der Waals surface area contributed by atoms with Crippen molar-refractivity contribution in [3.05, 3.63) is 21.3 Å². The van der Waals surface area contributed by atoms with Crippen LogP contribution in [0.5, 0.6) is 0 Å². The highest BCUT2D eigenvalue weighted by atomic mass is 35.5. The maximum absolute atomic E-state index is 9.21. The van der Waals surface area contributed by atoms with Crippen molar-refractivity contribution >= 4 is 22.9 Å². The summed E-state index contributed by atoms with van der Waals surface area (Å²) in [6, 6.07) is 6.18. The molecule has 2 heterocycles. The van der Waals surface area contributed by atoms with Gasteiger partial charge in [0.25, 0.3) is 0 Å². The molecule has 1 unspecified atom stereocenters. The van der Waals surface area contributed by atoms with Gasteiger partial charge in [-0.25, -0.2) is 0 Å². The number of hydrogen-bond acceptors (Lipinski definition) is 4. The second-order valence-corrected chi connectivity index (χ2v) is 5.37. The summed E-state index contributed by atoms with van der Waals surface area (Å²) in [5, 5.41) is 12.4. The Balaban J connectivity index is 2.28. The van der Waals surface area contributed by atoms with Crippen molar-refractivity contribution in [3.8, 4) is 6.07 Å². The molecule has 5 heteroatoms. The smallest absolute Gasteiger partial charge is 0.124 e. The summed E-state index contributed by atoms with van der Waals surface area (Å²) >= 11 is 7.40. The lowest BCUT2D eigenvalue weighted by atomic mass is 9.79. The van der Waals surface area contributed by atoms with E-state index in [4.69, 9.17) is 16.3 Å². The second-order valence-electron chi connectivity index (χ2n) is 3.62. The number of thiophene rings is 1. The summed E-state index contributed by atoms with van der Waals surface area (Å²) in [4.78, 5) is 1.09. The van der Waals surface area contributed by atoms with Gasteiger partial charge < -0.3 is 10.1 Å². The van der Waals surface area contributed by atoms with Gasteiger partial charge in [0.15, 0.2) is 0 Å². The fourth-order valence-electron chi connectivity index (χ4n) is 1.79. The fraction of sp³-hybridized carbons (Fsp3) is 0.500. The van der Waals surface area contributed by atoms with Crippen LogP contribution in [0.4, 0.5) is 0 Å². The average Bonchev–Trinajstić information content (AvgIpc) is 2.58. The summed E-state index contributed by atoms with van der Waals surface area (Å²) in [5.74, 6) is 0. The van der Waals surface area contributed by atoms with Crippen molar-refractivity contribution in [2.75, 3.05) is 20.3 Å². The monoisotopic (exact) mass is 242 g/mol. The molecule has 0 radical (unpaired) electrons. The molecular weight excluding hydrogens is 232 g/mol.